The summed E-state index contributed by atoms with van der Waals surface area (Å²) in [4.78, 5) is 29.1. The first kappa shape index (κ1) is 14.8. The average molecular weight is 298 g/mol. The first-order chi connectivity index (χ1) is 10.5. The summed E-state index contributed by atoms with van der Waals surface area (Å²) in [6.07, 6.45) is 4.43. The molecule has 0 atom stereocenters. The largest absolute Gasteiger partial charge is 0.335 e. The number of aromatic nitrogens is 1. The predicted octanol–water partition coefficient (Wildman–Crippen LogP) is 3.13. The van der Waals surface area contributed by atoms with Crippen LogP contribution in [0.3, 0.4) is 0 Å². The van der Waals surface area contributed by atoms with Crippen LogP contribution < -0.4 is 5.56 Å². The van der Waals surface area contributed by atoms with E-state index in [-0.39, 0.29) is 17.5 Å². The Bertz CT molecular complexity index is 757. The molecule has 3 rings (SSSR count). The zero-order valence-corrected chi connectivity index (χ0v) is 13.2. The maximum Gasteiger partial charge on any atom is 0.253 e. The maximum atomic E-state index is 12.3. The van der Waals surface area contributed by atoms with Gasteiger partial charge in [0.25, 0.3) is 5.56 Å². The molecule has 1 aliphatic carbocycles. The fourth-order valence-corrected chi connectivity index (χ4v) is 3.37. The molecular formula is C18H22N2O2. The highest BCUT2D eigenvalue weighted by Crippen LogP contribution is 2.25. The Labute approximate surface area is 130 Å². The molecule has 0 spiro atoms. The van der Waals surface area contributed by atoms with Crippen LogP contribution in [0.25, 0.3) is 10.9 Å². The third kappa shape index (κ3) is 2.91. The molecule has 0 unspecified atom stereocenters. The first-order valence-electron chi connectivity index (χ1n) is 7.94. The van der Waals surface area contributed by atoms with Gasteiger partial charge in [-0.1, -0.05) is 25.0 Å². The first-order valence-corrected chi connectivity index (χ1v) is 7.94. The van der Waals surface area contributed by atoms with Crippen molar-refractivity contribution in [1.82, 2.24) is 9.88 Å². The molecule has 1 heterocycles. The van der Waals surface area contributed by atoms with Crippen molar-refractivity contribution in [1.29, 1.82) is 0 Å². The van der Waals surface area contributed by atoms with Gasteiger partial charge in [-0.25, -0.2) is 0 Å². The molecule has 1 aliphatic rings. The maximum absolute atomic E-state index is 12.3. The van der Waals surface area contributed by atoms with Crippen LogP contribution in [-0.2, 0) is 11.3 Å². The minimum absolute atomic E-state index is 0.0512. The highest BCUT2D eigenvalue weighted by atomic mass is 16.2. The fourth-order valence-electron chi connectivity index (χ4n) is 3.37. The molecule has 1 aromatic carbocycles. The Morgan fingerprint density at radius 3 is 2.68 bits per heavy atom. The van der Waals surface area contributed by atoms with Crippen molar-refractivity contribution in [3.05, 3.63) is 45.7 Å². The summed E-state index contributed by atoms with van der Waals surface area (Å²) in [7, 11) is 0. The summed E-state index contributed by atoms with van der Waals surface area (Å²) in [6, 6.07) is 8.21. The number of fused-ring (bicyclic) bond motifs is 1. The topological polar surface area (TPSA) is 53.2 Å². The SMILES string of the molecule is CC(=O)N(Cc1cc2ccc(C)cc2[nH]c1=O)C1CCCC1. The van der Waals surface area contributed by atoms with Crippen LogP contribution >= 0.6 is 0 Å². The zero-order valence-electron chi connectivity index (χ0n) is 13.2. The smallest absolute Gasteiger partial charge is 0.253 e. The van der Waals surface area contributed by atoms with Gasteiger partial charge in [0.2, 0.25) is 5.91 Å². The number of rotatable bonds is 3. The van der Waals surface area contributed by atoms with Crippen LogP contribution in [0.1, 0.15) is 43.7 Å². The molecule has 116 valence electrons. The van der Waals surface area contributed by atoms with Gasteiger partial charge in [-0.3, -0.25) is 9.59 Å². The number of hydrogen-bond donors (Lipinski definition) is 1. The van der Waals surface area contributed by atoms with Crippen LogP contribution in [0.2, 0.25) is 0 Å². The summed E-state index contributed by atoms with van der Waals surface area (Å²) in [5.41, 5.74) is 2.54. The van der Waals surface area contributed by atoms with Gasteiger partial charge in [0.1, 0.15) is 0 Å². The molecule has 22 heavy (non-hydrogen) atoms. The van der Waals surface area contributed by atoms with E-state index in [9.17, 15) is 9.59 Å². The van der Waals surface area contributed by atoms with Crippen molar-refractivity contribution >= 4 is 16.8 Å². The van der Waals surface area contributed by atoms with E-state index in [1.54, 1.807) is 6.92 Å². The highest BCUT2D eigenvalue weighted by Gasteiger charge is 2.25. The van der Waals surface area contributed by atoms with Crippen molar-refractivity contribution in [3.63, 3.8) is 0 Å². The van der Waals surface area contributed by atoms with Gasteiger partial charge in [0.05, 0.1) is 6.54 Å². The van der Waals surface area contributed by atoms with Crippen molar-refractivity contribution in [3.8, 4) is 0 Å². The van der Waals surface area contributed by atoms with Crippen LogP contribution in [0.15, 0.2) is 29.1 Å². The number of aromatic amines is 1. The molecule has 1 saturated carbocycles. The van der Waals surface area contributed by atoms with Gasteiger partial charge in [-0.2, -0.15) is 0 Å². The van der Waals surface area contributed by atoms with E-state index in [0.717, 1.165) is 29.3 Å². The molecule has 1 N–H and O–H groups in total. The number of nitrogens with zero attached hydrogens (tertiary/aromatic N) is 1. The number of nitrogens with one attached hydrogen (secondary N) is 1. The second-order valence-corrected chi connectivity index (χ2v) is 6.30. The fraction of sp³-hybridized carbons (Fsp3) is 0.444. The van der Waals surface area contributed by atoms with Gasteiger partial charge in [0, 0.05) is 24.0 Å². The Balaban J connectivity index is 1.94. The second-order valence-electron chi connectivity index (χ2n) is 6.30. The summed E-state index contributed by atoms with van der Waals surface area (Å²) < 4.78 is 0. The van der Waals surface area contributed by atoms with E-state index in [2.05, 4.69) is 4.98 Å². The lowest BCUT2D eigenvalue weighted by molar-refractivity contribution is -0.131. The predicted molar refractivity (Wildman–Crippen MR) is 87.8 cm³/mol. The second kappa shape index (κ2) is 5.95. The standard InChI is InChI=1S/C18H22N2O2/c1-12-7-8-14-10-15(18(22)19-17(14)9-12)11-20(13(2)21)16-5-3-4-6-16/h7-10,16H,3-6,11H2,1-2H3,(H,19,22). The number of H-pyrrole nitrogens is 1. The van der Waals surface area contributed by atoms with E-state index >= 15 is 0 Å². The normalized spacial score (nSPS) is 15.4. The Hall–Kier alpha value is -2.10. The summed E-state index contributed by atoms with van der Waals surface area (Å²) >= 11 is 0. The molecular weight excluding hydrogens is 276 g/mol. The Kier molecular flexibility index (Phi) is 4.01. The molecule has 1 amide bonds. The summed E-state index contributed by atoms with van der Waals surface area (Å²) in [5, 5.41) is 1.01. The summed E-state index contributed by atoms with van der Waals surface area (Å²) in [6.45, 7) is 4.00. The monoisotopic (exact) mass is 298 g/mol. The lowest BCUT2D eigenvalue weighted by atomic mass is 10.1. The van der Waals surface area contributed by atoms with E-state index < -0.39 is 0 Å². The molecule has 1 aromatic heterocycles. The highest BCUT2D eigenvalue weighted by molar-refractivity contribution is 5.80. The van der Waals surface area contributed by atoms with Crippen molar-refractivity contribution in [2.75, 3.05) is 0 Å². The van der Waals surface area contributed by atoms with Gasteiger partial charge < -0.3 is 9.88 Å². The lowest BCUT2D eigenvalue weighted by Crippen LogP contribution is -2.38. The summed E-state index contributed by atoms with van der Waals surface area (Å²) in [5.74, 6) is 0.0512. The van der Waals surface area contributed by atoms with Crippen LogP contribution in [0.5, 0.6) is 0 Å². The van der Waals surface area contributed by atoms with Crippen molar-refractivity contribution in [2.24, 2.45) is 0 Å². The number of benzene rings is 1. The Morgan fingerprint density at radius 2 is 2.00 bits per heavy atom. The van der Waals surface area contributed by atoms with Gasteiger partial charge >= 0.3 is 0 Å². The van der Waals surface area contributed by atoms with E-state index in [1.807, 2.05) is 36.1 Å². The van der Waals surface area contributed by atoms with Gasteiger partial charge in [-0.05, 0) is 42.8 Å². The number of hydrogen-bond acceptors (Lipinski definition) is 2. The minimum Gasteiger partial charge on any atom is -0.335 e. The molecule has 2 aromatic rings. The molecule has 1 fully saturated rings. The average Bonchev–Trinajstić information content (AvgIpc) is 2.98. The third-order valence-electron chi connectivity index (χ3n) is 4.59. The number of pyridine rings is 1. The van der Waals surface area contributed by atoms with Gasteiger partial charge in [0.15, 0.2) is 0 Å². The van der Waals surface area contributed by atoms with E-state index in [1.165, 1.54) is 12.8 Å². The van der Waals surface area contributed by atoms with E-state index in [0.29, 0.717) is 12.1 Å². The number of carbonyl (C=O) groups excluding carboxylic acids is 1. The quantitative estimate of drug-likeness (QED) is 0.946. The lowest BCUT2D eigenvalue weighted by Gasteiger charge is -2.27. The van der Waals surface area contributed by atoms with Crippen molar-refractivity contribution in [2.45, 2.75) is 52.1 Å². The molecule has 0 aliphatic heterocycles. The molecule has 0 bridgehead atoms. The molecule has 0 saturated heterocycles. The molecule has 4 nitrogen and oxygen atoms in total. The number of amides is 1. The third-order valence-corrected chi connectivity index (χ3v) is 4.59. The van der Waals surface area contributed by atoms with E-state index in [4.69, 9.17) is 0 Å². The number of carbonyl (C=O) groups is 1. The van der Waals surface area contributed by atoms with Crippen LogP contribution in [0, 0.1) is 6.92 Å². The Morgan fingerprint density at radius 1 is 1.27 bits per heavy atom. The van der Waals surface area contributed by atoms with Crippen LogP contribution in [0.4, 0.5) is 0 Å². The van der Waals surface area contributed by atoms with Gasteiger partial charge in [-0.15, -0.1) is 0 Å². The minimum atomic E-state index is -0.0950. The van der Waals surface area contributed by atoms with Crippen LogP contribution in [-0.4, -0.2) is 21.8 Å². The molecule has 4 heteroatoms. The molecule has 0 radical (unpaired) electrons. The van der Waals surface area contributed by atoms with Crippen molar-refractivity contribution < 1.29 is 4.79 Å². The number of aryl methyl sites for hydroxylation is 1. The zero-order chi connectivity index (χ0) is 15.7.